The molecule has 0 aliphatic carbocycles. The molecule has 1 aromatic heterocycles. The number of hydrogen-bond donors (Lipinski definition) is 1. The first-order valence-corrected chi connectivity index (χ1v) is 8.17. The molecule has 0 amide bonds. The maximum Gasteiger partial charge on any atom is 0.194 e. The Hall–Kier alpha value is -1.84. The Bertz CT molecular complexity index is 655. The Kier molecular flexibility index (Phi) is 9.25. The van der Waals surface area contributed by atoms with Crippen LogP contribution in [0, 0.1) is 0 Å². The van der Waals surface area contributed by atoms with Gasteiger partial charge in [-0.1, -0.05) is 12.1 Å². The first-order chi connectivity index (χ1) is 11.7. The topological polar surface area (TPSA) is 67.6 Å². The predicted octanol–water partition coefficient (Wildman–Crippen LogP) is 2.52. The van der Waals surface area contributed by atoms with Crippen molar-refractivity contribution in [2.75, 3.05) is 20.7 Å². The smallest absolute Gasteiger partial charge is 0.194 e. The van der Waals surface area contributed by atoms with Crippen molar-refractivity contribution in [1.29, 1.82) is 0 Å². The minimum Gasteiger partial charge on any atom is -0.497 e. The van der Waals surface area contributed by atoms with Crippen LogP contribution in [-0.2, 0) is 19.6 Å². The molecule has 7 nitrogen and oxygen atoms in total. The molecule has 0 spiro atoms. The molecule has 25 heavy (non-hydrogen) atoms. The van der Waals surface area contributed by atoms with E-state index < -0.39 is 0 Å². The quantitative estimate of drug-likeness (QED) is 0.393. The number of halogens is 1. The number of guanidine groups is 1. The summed E-state index contributed by atoms with van der Waals surface area (Å²) in [4.78, 5) is 6.77. The summed E-state index contributed by atoms with van der Waals surface area (Å²) in [6, 6.07) is 8.06. The number of methoxy groups -OCH3 is 1. The second-order valence-corrected chi connectivity index (χ2v) is 5.41. The second-order valence-electron chi connectivity index (χ2n) is 5.41. The molecule has 0 fully saturated rings. The fourth-order valence-corrected chi connectivity index (χ4v) is 2.36. The number of nitrogens with one attached hydrogen (secondary N) is 1. The zero-order valence-electron chi connectivity index (χ0n) is 15.3. The summed E-state index contributed by atoms with van der Waals surface area (Å²) < 4.78 is 7.19. The number of benzene rings is 1. The third-order valence-electron chi connectivity index (χ3n) is 3.68. The van der Waals surface area contributed by atoms with E-state index >= 15 is 0 Å². The molecule has 0 aliphatic heterocycles. The van der Waals surface area contributed by atoms with Crippen LogP contribution in [0.15, 0.2) is 35.6 Å². The summed E-state index contributed by atoms with van der Waals surface area (Å²) in [7, 11) is 3.70. The largest absolute Gasteiger partial charge is 0.497 e. The van der Waals surface area contributed by atoms with Crippen molar-refractivity contribution in [2.45, 2.75) is 33.5 Å². The third kappa shape index (κ3) is 6.18. The molecule has 1 heterocycles. The van der Waals surface area contributed by atoms with Gasteiger partial charge in [-0.15, -0.1) is 34.2 Å². The molecular weight excluding hydrogens is 431 g/mol. The average Bonchev–Trinajstić information content (AvgIpc) is 3.06. The van der Waals surface area contributed by atoms with Gasteiger partial charge in [0.15, 0.2) is 11.8 Å². The number of hydrogen-bond acceptors (Lipinski definition) is 4. The van der Waals surface area contributed by atoms with Gasteiger partial charge in [0, 0.05) is 26.7 Å². The number of nitrogens with zero attached hydrogens (tertiary/aromatic N) is 5. The fourth-order valence-electron chi connectivity index (χ4n) is 2.36. The summed E-state index contributed by atoms with van der Waals surface area (Å²) in [5.74, 6) is 2.57. The number of aromatic nitrogens is 3. The van der Waals surface area contributed by atoms with E-state index in [1.165, 1.54) is 5.56 Å². The molecule has 0 radical (unpaired) electrons. The van der Waals surface area contributed by atoms with E-state index in [4.69, 9.17) is 4.74 Å². The highest BCUT2D eigenvalue weighted by Crippen LogP contribution is 2.12. The lowest BCUT2D eigenvalue weighted by Gasteiger charge is -2.22. The Morgan fingerprint density at radius 1 is 1.28 bits per heavy atom. The molecule has 0 saturated heterocycles. The molecule has 0 unspecified atom stereocenters. The summed E-state index contributed by atoms with van der Waals surface area (Å²) in [6.07, 6.45) is 1.73. The average molecular weight is 458 g/mol. The molecule has 0 aliphatic rings. The molecule has 0 atom stereocenters. The van der Waals surface area contributed by atoms with Gasteiger partial charge in [0.05, 0.1) is 7.11 Å². The van der Waals surface area contributed by atoms with E-state index in [0.717, 1.165) is 37.2 Å². The summed E-state index contributed by atoms with van der Waals surface area (Å²) >= 11 is 0. The summed E-state index contributed by atoms with van der Waals surface area (Å²) in [5.41, 5.74) is 1.20. The highest BCUT2D eigenvalue weighted by atomic mass is 127. The molecule has 8 heteroatoms. The van der Waals surface area contributed by atoms with Gasteiger partial charge in [-0.25, -0.2) is 4.99 Å². The first kappa shape index (κ1) is 21.2. The molecule has 0 saturated carbocycles. The number of rotatable bonds is 7. The van der Waals surface area contributed by atoms with Crippen molar-refractivity contribution >= 4 is 29.9 Å². The zero-order valence-corrected chi connectivity index (χ0v) is 17.6. The van der Waals surface area contributed by atoms with Gasteiger partial charge in [0.25, 0.3) is 0 Å². The Morgan fingerprint density at radius 3 is 2.60 bits per heavy atom. The molecule has 1 N–H and O–H groups in total. The Balaban J connectivity index is 0.00000312. The van der Waals surface area contributed by atoms with Crippen molar-refractivity contribution in [2.24, 2.45) is 4.99 Å². The minimum atomic E-state index is 0. The predicted molar refractivity (Wildman–Crippen MR) is 110 cm³/mol. The van der Waals surface area contributed by atoms with Gasteiger partial charge in [-0.05, 0) is 31.5 Å². The maximum absolute atomic E-state index is 5.20. The SMILES string of the molecule is CCNC(=NCc1nncn1CC)N(C)Cc1ccc(OC)cc1.I. The van der Waals surface area contributed by atoms with Gasteiger partial charge in [-0.2, -0.15) is 0 Å². The van der Waals surface area contributed by atoms with Gasteiger partial charge >= 0.3 is 0 Å². The van der Waals surface area contributed by atoms with Gasteiger partial charge < -0.3 is 19.5 Å². The zero-order chi connectivity index (χ0) is 17.4. The van der Waals surface area contributed by atoms with Crippen LogP contribution in [0.4, 0.5) is 0 Å². The van der Waals surface area contributed by atoms with Gasteiger partial charge in [-0.3, -0.25) is 0 Å². The van der Waals surface area contributed by atoms with Crippen LogP contribution >= 0.6 is 24.0 Å². The Morgan fingerprint density at radius 2 is 2.00 bits per heavy atom. The van der Waals surface area contributed by atoms with Gasteiger partial charge in [0.1, 0.15) is 18.6 Å². The van der Waals surface area contributed by atoms with Gasteiger partial charge in [0.2, 0.25) is 0 Å². The van der Waals surface area contributed by atoms with Crippen LogP contribution in [0.2, 0.25) is 0 Å². The minimum absolute atomic E-state index is 0. The van der Waals surface area contributed by atoms with E-state index in [0.29, 0.717) is 6.54 Å². The van der Waals surface area contributed by atoms with E-state index in [1.807, 2.05) is 23.7 Å². The van der Waals surface area contributed by atoms with Crippen LogP contribution in [-0.4, -0.2) is 46.3 Å². The molecular formula is C17H27IN6O. The van der Waals surface area contributed by atoms with Crippen molar-refractivity contribution in [3.8, 4) is 5.75 Å². The van der Waals surface area contributed by atoms with Crippen LogP contribution in [0.3, 0.4) is 0 Å². The number of aryl methyl sites for hydroxylation is 1. The maximum atomic E-state index is 5.20. The monoisotopic (exact) mass is 458 g/mol. The van der Waals surface area contributed by atoms with Crippen LogP contribution in [0.25, 0.3) is 0 Å². The summed E-state index contributed by atoms with van der Waals surface area (Å²) in [6.45, 7) is 7.05. The molecule has 138 valence electrons. The molecule has 0 bridgehead atoms. The molecule has 2 rings (SSSR count). The second kappa shape index (κ2) is 10.9. The normalized spacial score (nSPS) is 11.0. The van der Waals surface area contributed by atoms with E-state index in [-0.39, 0.29) is 24.0 Å². The molecule has 1 aromatic carbocycles. The molecule has 2 aromatic rings. The lowest BCUT2D eigenvalue weighted by Crippen LogP contribution is -2.38. The van der Waals surface area contributed by atoms with E-state index in [2.05, 4.69) is 51.4 Å². The van der Waals surface area contributed by atoms with Crippen molar-refractivity contribution in [1.82, 2.24) is 25.0 Å². The van der Waals surface area contributed by atoms with Crippen LogP contribution in [0.1, 0.15) is 25.2 Å². The number of ether oxygens (including phenoxy) is 1. The standard InChI is InChI=1S/C17H26N6O.HI/c1-5-18-17(19-11-16-21-20-13-23(16)6-2)22(3)12-14-7-9-15(24-4)10-8-14;/h7-10,13H,5-6,11-12H2,1-4H3,(H,18,19);1H. The van der Waals surface area contributed by atoms with Crippen LogP contribution < -0.4 is 10.1 Å². The highest BCUT2D eigenvalue weighted by Gasteiger charge is 2.08. The summed E-state index contributed by atoms with van der Waals surface area (Å²) in [5, 5.41) is 11.4. The van der Waals surface area contributed by atoms with Crippen molar-refractivity contribution < 1.29 is 4.74 Å². The lowest BCUT2D eigenvalue weighted by atomic mass is 10.2. The van der Waals surface area contributed by atoms with Crippen LogP contribution in [0.5, 0.6) is 5.75 Å². The van der Waals surface area contributed by atoms with E-state index in [1.54, 1.807) is 13.4 Å². The number of aliphatic imine (C=N–C) groups is 1. The lowest BCUT2D eigenvalue weighted by molar-refractivity contribution is 0.414. The third-order valence-corrected chi connectivity index (χ3v) is 3.68. The van der Waals surface area contributed by atoms with Crippen molar-refractivity contribution in [3.05, 3.63) is 42.0 Å². The first-order valence-electron chi connectivity index (χ1n) is 8.17. The van der Waals surface area contributed by atoms with Crippen molar-refractivity contribution in [3.63, 3.8) is 0 Å². The van der Waals surface area contributed by atoms with E-state index in [9.17, 15) is 0 Å². The Labute approximate surface area is 166 Å². The fraction of sp³-hybridized carbons (Fsp3) is 0.471. The highest BCUT2D eigenvalue weighted by molar-refractivity contribution is 14.0.